The first-order valence-electron chi connectivity index (χ1n) is 10.3. The van der Waals surface area contributed by atoms with Crippen molar-refractivity contribution >= 4 is 11.8 Å². The van der Waals surface area contributed by atoms with Gasteiger partial charge in [-0.15, -0.1) is 0 Å². The average molecular weight is 396 g/mol. The zero-order chi connectivity index (χ0) is 20.8. The minimum atomic E-state index is -0.731. The van der Waals surface area contributed by atoms with E-state index in [1.54, 1.807) is 12.1 Å². The first-order valence-corrected chi connectivity index (χ1v) is 10.3. The summed E-state index contributed by atoms with van der Waals surface area (Å²) in [6, 6.07) is 5.39. The van der Waals surface area contributed by atoms with Crippen molar-refractivity contribution in [3.8, 4) is 11.9 Å². The fourth-order valence-corrected chi connectivity index (χ4v) is 5.76. The third-order valence-electron chi connectivity index (χ3n) is 7.15. The predicted molar refractivity (Wildman–Crippen MR) is 105 cm³/mol. The van der Waals surface area contributed by atoms with Gasteiger partial charge >= 0.3 is 0 Å². The van der Waals surface area contributed by atoms with Crippen LogP contribution in [0.1, 0.15) is 51.5 Å². The third kappa shape index (κ3) is 3.57. The molecule has 1 heterocycles. The van der Waals surface area contributed by atoms with Crippen LogP contribution < -0.4 is 15.8 Å². The van der Waals surface area contributed by atoms with Crippen LogP contribution >= 0.6 is 0 Å². The molecule has 0 aliphatic heterocycles. The second kappa shape index (κ2) is 7.01. The number of nitriles is 1. The Balaban J connectivity index is 1.38. The molecule has 4 saturated carbocycles. The number of carbonyl (C=O) groups is 2. The normalized spacial score (nSPS) is 32.4. The maximum atomic E-state index is 13.0. The molecule has 4 aliphatic carbocycles. The number of pyridine rings is 1. The van der Waals surface area contributed by atoms with Crippen molar-refractivity contribution < 1.29 is 14.3 Å². The van der Waals surface area contributed by atoms with E-state index in [4.69, 9.17) is 15.7 Å². The van der Waals surface area contributed by atoms with Gasteiger partial charge in [0.1, 0.15) is 12.7 Å². The van der Waals surface area contributed by atoms with Crippen LogP contribution in [0.4, 0.5) is 0 Å². The standard InChI is InChI=1S/C22H28N4O3/c1-21(2,12-29-17-4-3-13(10-23)11-25-17)20(28)26-18-15-5-14-6-16(18)9-22(7-14,8-15)19(24)27/h3-4,11,14-16,18H,5-9,12H2,1-2H3,(H2,24,27)(H,26,28). The Labute approximate surface area is 171 Å². The number of rotatable bonds is 6. The van der Waals surface area contributed by atoms with Crippen molar-refractivity contribution in [1.29, 1.82) is 5.26 Å². The van der Waals surface area contributed by atoms with E-state index in [2.05, 4.69) is 10.3 Å². The lowest BCUT2D eigenvalue weighted by molar-refractivity contribution is -0.149. The second-order valence-corrected chi connectivity index (χ2v) is 9.78. The summed E-state index contributed by atoms with van der Waals surface area (Å²) in [5.41, 5.74) is 5.14. The molecule has 7 nitrogen and oxygen atoms in total. The SMILES string of the molecule is CC(C)(COc1ccc(C#N)cn1)C(=O)NC1C2CC3CC1CC(C(N)=O)(C3)C2. The number of carbonyl (C=O) groups excluding carboxylic acids is 2. The van der Waals surface area contributed by atoms with Crippen LogP contribution in [0.2, 0.25) is 0 Å². The van der Waals surface area contributed by atoms with Crippen LogP contribution in [0.3, 0.4) is 0 Å². The summed E-state index contributed by atoms with van der Waals surface area (Å²) in [6.45, 7) is 3.90. The first-order chi connectivity index (χ1) is 13.7. The molecule has 0 saturated heterocycles. The maximum absolute atomic E-state index is 13.0. The van der Waals surface area contributed by atoms with E-state index in [9.17, 15) is 9.59 Å². The van der Waals surface area contributed by atoms with E-state index in [-0.39, 0.29) is 29.9 Å². The Bertz CT molecular complexity index is 842. The first kappa shape index (κ1) is 19.7. The van der Waals surface area contributed by atoms with Crippen molar-refractivity contribution in [2.24, 2.45) is 34.3 Å². The Kier molecular flexibility index (Phi) is 4.76. The summed E-state index contributed by atoms with van der Waals surface area (Å²) in [4.78, 5) is 29.2. The van der Waals surface area contributed by atoms with E-state index < -0.39 is 5.41 Å². The van der Waals surface area contributed by atoms with Gasteiger partial charge in [0.25, 0.3) is 0 Å². The highest BCUT2D eigenvalue weighted by molar-refractivity contribution is 5.83. The Hall–Kier alpha value is -2.62. The van der Waals surface area contributed by atoms with Gasteiger partial charge in [-0.3, -0.25) is 9.59 Å². The van der Waals surface area contributed by atoms with Gasteiger partial charge in [-0.05, 0) is 69.8 Å². The van der Waals surface area contributed by atoms with Gasteiger partial charge in [0.05, 0.1) is 11.0 Å². The van der Waals surface area contributed by atoms with Crippen molar-refractivity contribution in [3.05, 3.63) is 23.9 Å². The highest BCUT2D eigenvalue weighted by atomic mass is 16.5. The second-order valence-electron chi connectivity index (χ2n) is 9.78. The number of ether oxygens (including phenoxy) is 1. The number of hydrogen-bond acceptors (Lipinski definition) is 5. The summed E-state index contributed by atoms with van der Waals surface area (Å²) in [7, 11) is 0. The van der Waals surface area contributed by atoms with Gasteiger partial charge in [-0.25, -0.2) is 4.98 Å². The topological polar surface area (TPSA) is 118 Å². The van der Waals surface area contributed by atoms with Crippen molar-refractivity contribution in [3.63, 3.8) is 0 Å². The Morgan fingerprint density at radius 2 is 2.00 bits per heavy atom. The zero-order valence-corrected chi connectivity index (χ0v) is 17.0. The maximum Gasteiger partial charge on any atom is 0.229 e. The van der Waals surface area contributed by atoms with E-state index in [1.807, 2.05) is 19.9 Å². The molecule has 4 bridgehead atoms. The highest BCUT2D eigenvalue weighted by Crippen LogP contribution is 2.60. The quantitative estimate of drug-likeness (QED) is 0.764. The van der Waals surface area contributed by atoms with Crippen LogP contribution in [0.5, 0.6) is 5.88 Å². The number of nitrogens with zero attached hydrogens (tertiary/aromatic N) is 2. The van der Waals surface area contributed by atoms with Crippen LogP contribution in [0.15, 0.2) is 18.3 Å². The van der Waals surface area contributed by atoms with Crippen molar-refractivity contribution in [1.82, 2.24) is 10.3 Å². The lowest BCUT2D eigenvalue weighted by atomic mass is 9.47. The molecule has 5 rings (SSSR count). The zero-order valence-electron chi connectivity index (χ0n) is 17.0. The van der Waals surface area contributed by atoms with E-state index in [0.717, 1.165) is 32.1 Å². The minimum absolute atomic E-state index is 0.0447. The fourth-order valence-electron chi connectivity index (χ4n) is 5.76. The van der Waals surface area contributed by atoms with E-state index >= 15 is 0 Å². The monoisotopic (exact) mass is 396 g/mol. The summed E-state index contributed by atoms with van der Waals surface area (Å²) in [5.74, 6) is 1.40. The van der Waals surface area contributed by atoms with Gasteiger partial charge in [0.15, 0.2) is 0 Å². The Morgan fingerprint density at radius 1 is 1.31 bits per heavy atom. The van der Waals surface area contributed by atoms with Crippen LogP contribution in [0, 0.1) is 39.9 Å². The molecular formula is C22H28N4O3. The van der Waals surface area contributed by atoms with Gasteiger partial charge in [-0.1, -0.05) is 0 Å². The molecule has 29 heavy (non-hydrogen) atoms. The van der Waals surface area contributed by atoms with Gasteiger partial charge in [-0.2, -0.15) is 5.26 Å². The van der Waals surface area contributed by atoms with Crippen LogP contribution in [-0.2, 0) is 9.59 Å². The third-order valence-corrected chi connectivity index (χ3v) is 7.15. The van der Waals surface area contributed by atoms with Crippen LogP contribution in [-0.4, -0.2) is 29.4 Å². The molecule has 4 fully saturated rings. The lowest BCUT2D eigenvalue weighted by Gasteiger charge is -2.59. The number of nitrogens with two attached hydrogens (primary N) is 1. The molecule has 7 heteroatoms. The molecule has 1 aromatic rings. The molecular weight excluding hydrogens is 368 g/mol. The smallest absolute Gasteiger partial charge is 0.229 e. The molecule has 2 atom stereocenters. The fraction of sp³-hybridized carbons (Fsp3) is 0.636. The summed E-state index contributed by atoms with van der Waals surface area (Å²) < 4.78 is 5.70. The summed E-state index contributed by atoms with van der Waals surface area (Å²) in [5, 5.41) is 12.1. The molecule has 0 radical (unpaired) electrons. The predicted octanol–water partition coefficient (Wildman–Crippen LogP) is 2.15. The Morgan fingerprint density at radius 3 is 2.55 bits per heavy atom. The minimum Gasteiger partial charge on any atom is -0.477 e. The van der Waals surface area contributed by atoms with E-state index in [1.165, 1.54) is 6.20 Å². The number of amides is 2. The molecule has 1 aromatic heterocycles. The van der Waals surface area contributed by atoms with Gasteiger partial charge < -0.3 is 15.8 Å². The van der Waals surface area contributed by atoms with Gasteiger partial charge in [0.2, 0.25) is 17.7 Å². The molecule has 4 aliphatic rings. The summed E-state index contributed by atoms with van der Waals surface area (Å²) >= 11 is 0. The summed E-state index contributed by atoms with van der Waals surface area (Å²) in [6.07, 6.45) is 6.11. The average Bonchev–Trinajstić information content (AvgIpc) is 2.68. The molecule has 0 spiro atoms. The number of primary amides is 1. The number of hydrogen-bond donors (Lipinski definition) is 2. The lowest BCUT2D eigenvalue weighted by Crippen LogP contribution is -2.63. The molecule has 2 amide bonds. The number of nitrogens with one attached hydrogen (secondary N) is 1. The molecule has 2 unspecified atom stereocenters. The largest absolute Gasteiger partial charge is 0.477 e. The van der Waals surface area contributed by atoms with E-state index in [0.29, 0.717) is 29.2 Å². The van der Waals surface area contributed by atoms with Crippen molar-refractivity contribution in [2.75, 3.05) is 6.61 Å². The number of aromatic nitrogens is 1. The van der Waals surface area contributed by atoms with Crippen molar-refractivity contribution in [2.45, 2.75) is 52.0 Å². The van der Waals surface area contributed by atoms with Gasteiger partial charge in [0, 0.05) is 23.7 Å². The molecule has 3 N–H and O–H groups in total. The molecule has 0 aromatic carbocycles. The molecule has 154 valence electrons. The highest BCUT2D eigenvalue weighted by Gasteiger charge is 2.58. The van der Waals surface area contributed by atoms with Crippen LogP contribution in [0.25, 0.3) is 0 Å².